The van der Waals surface area contributed by atoms with Crippen molar-refractivity contribution < 1.29 is 48.0 Å². The molecule has 4 rings (SSSR count). The summed E-state index contributed by atoms with van der Waals surface area (Å²) in [5, 5.41) is 31.3. The van der Waals surface area contributed by atoms with Gasteiger partial charge in [0.1, 0.15) is 16.9 Å². The number of aromatic nitrogens is 2. The molecule has 0 aliphatic rings. The quantitative estimate of drug-likeness (QED) is 0.0213. The lowest BCUT2D eigenvalue weighted by Crippen LogP contribution is -2.25. The number of oxime groups is 2. The Bertz CT molecular complexity index is 1930. The molecule has 0 fully saturated rings. The van der Waals surface area contributed by atoms with Crippen LogP contribution in [-0.2, 0) is 41.8 Å². The summed E-state index contributed by atoms with van der Waals surface area (Å²) < 4.78 is 34.7. The predicted molar refractivity (Wildman–Crippen MR) is 239 cm³/mol. The van der Waals surface area contributed by atoms with Crippen molar-refractivity contribution >= 4 is 80.1 Å². The van der Waals surface area contributed by atoms with E-state index in [1.807, 2.05) is 125 Å². The van der Waals surface area contributed by atoms with Crippen molar-refractivity contribution in [2.75, 3.05) is 13.2 Å². The number of hydrogen-bond acceptors (Lipinski definition) is 14. The van der Waals surface area contributed by atoms with Gasteiger partial charge in [-0.2, -0.15) is 0 Å². The minimum Gasteiger partial charge on any atom is -0.460 e. The Balaban J connectivity index is 0.000000316. The van der Waals surface area contributed by atoms with E-state index in [0.29, 0.717) is 66.5 Å². The summed E-state index contributed by atoms with van der Waals surface area (Å²) in [6, 6.07) is 19.9. The molecule has 2 heterocycles. The molecule has 0 aliphatic heterocycles. The van der Waals surface area contributed by atoms with Gasteiger partial charge in [0.2, 0.25) is 0 Å². The Morgan fingerprint density at radius 3 is 1.61 bits per heavy atom. The average molecular weight is 1060 g/mol. The van der Waals surface area contributed by atoms with E-state index in [0.717, 1.165) is 21.1 Å². The first-order valence-electron chi connectivity index (χ1n) is 19.0. The molecule has 0 amide bonds. The Hall–Kier alpha value is -3.59. The molecule has 0 spiro atoms. The van der Waals surface area contributed by atoms with Crippen LogP contribution in [0.25, 0.3) is 0 Å². The highest BCUT2D eigenvalue weighted by molar-refractivity contribution is 14.1. The number of carbonyl (C=O) groups is 2. The number of rotatable bonds is 20. The molecule has 2 N–H and O–H groups in total. The van der Waals surface area contributed by atoms with E-state index in [-0.39, 0.29) is 47.5 Å². The molecule has 0 aliphatic carbocycles. The molecule has 0 bridgehead atoms. The molecule has 0 saturated carbocycles. The predicted octanol–water partition coefficient (Wildman–Crippen LogP) is 10.4. The van der Waals surface area contributed by atoms with E-state index in [1.165, 1.54) is 6.21 Å². The van der Waals surface area contributed by atoms with Crippen molar-refractivity contribution in [3.63, 3.8) is 0 Å². The van der Waals surface area contributed by atoms with E-state index in [9.17, 15) is 9.59 Å². The largest absolute Gasteiger partial charge is 0.460 e. The van der Waals surface area contributed by atoms with Gasteiger partial charge in [0.15, 0.2) is 22.4 Å². The van der Waals surface area contributed by atoms with Crippen molar-refractivity contribution in [2.24, 2.45) is 10.3 Å². The second kappa shape index (κ2) is 25.2. The fraction of sp³-hybridized carbons (Fsp3) is 0.476. The van der Waals surface area contributed by atoms with E-state index in [1.54, 1.807) is 0 Å². The lowest BCUT2D eigenvalue weighted by Gasteiger charge is -2.21. The maximum absolute atomic E-state index is 12.4. The van der Waals surface area contributed by atoms with Crippen molar-refractivity contribution in [1.29, 1.82) is 0 Å². The van der Waals surface area contributed by atoms with Gasteiger partial charge in [-0.3, -0.25) is 9.59 Å². The van der Waals surface area contributed by atoms with Gasteiger partial charge in [-0.1, -0.05) is 92.9 Å². The van der Waals surface area contributed by atoms with Crippen molar-refractivity contribution in [3.05, 3.63) is 102 Å². The first-order chi connectivity index (χ1) is 28.0. The highest BCUT2D eigenvalue weighted by atomic mass is 127. The van der Waals surface area contributed by atoms with Gasteiger partial charge < -0.3 is 38.4 Å². The van der Waals surface area contributed by atoms with Gasteiger partial charge in [0, 0.05) is 25.0 Å². The number of carbonyl (C=O) groups excluding carboxylic acids is 2. The molecule has 59 heavy (non-hydrogen) atoms. The normalized spacial score (nSPS) is 13.1. The van der Waals surface area contributed by atoms with Crippen molar-refractivity contribution in [2.45, 2.75) is 116 Å². The summed E-state index contributed by atoms with van der Waals surface area (Å²) >= 11 is 9.98. The third-order valence-electron chi connectivity index (χ3n) is 8.12. The molecule has 322 valence electrons. The molecule has 2 atom stereocenters. The summed E-state index contributed by atoms with van der Waals surface area (Å²) in [7, 11) is 0. The van der Waals surface area contributed by atoms with Crippen LogP contribution >= 0.6 is 56.8 Å². The number of hydrogen-bond donors (Lipinski definition) is 2. The summed E-state index contributed by atoms with van der Waals surface area (Å²) in [5.74, 6) is 0.0169. The Morgan fingerprint density at radius 1 is 0.746 bits per heavy atom. The fourth-order valence-electron chi connectivity index (χ4n) is 5.63. The highest BCUT2D eigenvalue weighted by Crippen LogP contribution is 2.33. The van der Waals surface area contributed by atoms with Crippen LogP contribution in [0.2, 0.25) is 0 Å². The number of halogens is 3. The molecule has 0 radical (unpaired) electrons. The Labute approximate surface area is 377 Å². The molecule has 0 saturated heterocycles. The minimum absolute atomic E-state index is 0.133. The van der Waals surface area contributed by atoms with Crippen molar-refractivity contribution in [1.82, 2.24) is 10.3 Å². The van der Waals surface area contributed by atoms with Gasteiger partial charge in [-0.05, 0) is 124 Å². The standard InChI is InChI=1S/C21H26ClIN2O5.C21H27IN2O5/c1-21(2,3)29-16(26)12-15(19-17(23)18(25-30-19)20(22)24-27)10-7-11-28-13-14-8-5-4-6-9-14;1-21(2,3)28-18(25)12-16(20-19(22)17(13-23-26)24-29-20)10-7-11-27-14-15-8-5-4-6-9-15/h4-6,8-9,15,27H,7,10-13H2,1-3H3;4-6,8-9,13,16,26H,7,10-12,14H2,1-3H3/b24-20-;23-13+/t15-;16-/m00/s1. The summed E-state index contributed by atoms with van der Waals surface area (Å²) in [5.41, 5.74) is 1.77. The first kappa shape index (κ1) is 49.8. The zero-order valence-corrected chi connectivity index (χ0v) is 39.2. The molecular formula is C42H53ClI2N4O10. The summed E-state index contributed by atoms with van der Waals surface area (Å²) in [4.78, 5) is 24.8. The van der Waals surface area contributed by atoms with Crippen LogP contribution in [0.1, 0.15) is 126 Å². The fourth-order valence-corrected chi connectivity index (χ4v) is 7.58. The van der Waals surface area contributed by atoms with Crippen LogP contribution in [0.15, 0.2) is 80.0 Å². The number of benzene rings is 2. The summed E-state index contributed by atoms with van der Waals surface area (Å²) in [6.07, 6.45) is 4.30. The maximum atomic E-state index is 12.4. The number of nitrogens with zero attached hydrogens (tertiary/aromatic N) is 4. The van der Waals surface area contributed by atoms with E-state index >= 15 is 0 Å². The van der Waals surface area contributed by atoms with Crippen LogP contribution < -0.4 is 0 Å². The second-order valence-corrected chi connectivity index (χ2v) is 17.9. The molecule has 2 aromatic heterocycles. The average Bonchev–Trinajstić information content (AvgIpc) is 3.74. The van der Waals surface area contributed by atoms with Crippen LogP contribution in [-0.4, -0.2) is 68.5 Å². The smallest absolute Gasteiger partial charge is 0.307 e. The van der Waals surface area contributed by atoms with Gasteiger partial charge in [0.05, 0.1) is 39.4 Å². The van der Waals surface area contributed by atoms with E-state index in [2.05, 4.69) is 43.2 Å². The number of esters is 2. The SMILES string of the molecule is CC(C)(C)OC(=O)C[C@H](CCCOCc1ccccc1)c1onc(/C(Cl)=N/O)c1I.CC(C)(C)OC(=O)C[C@H](CCCOCc1ccccc1)c1onc(/C=N/O)c1I. The lowest BCUT2D eigenvalue weighted by atomic mass is 9.96. The lowest BCUT2D eigenvalue weighted by molar-refractivity contribution is -0.156. The topological polar surface area (TPSA) is 188 Å². The molecule has 4 aromatic rings. The Morgan fingerprint density at radius 2 is 1.19 bits per heavy atom. The molecule has 17 heteroatoms. The van der Waals surface area contributed by atoms with Crippen LogP contribution in [0.3, 0.4) is 0 Å². The van der Waals surface area contributed by atoms with E-state index in [4.69, 9.17) is 50.0 Å². The minimum atomic E-state index is -0.576. The monoisotopic (exact) mass is 1060 g/mol. The van der Waals surface area contributed by atoms with Crippen LogP contribution in [0, 0.1) is 7.14 Å². The zero-order chi connectivity index (χ0) is 43.4. The van der Waals surface area contributed by atoms with Crippen LogP contribution in [0.5, 0.6) is 0 Å². The first-order valence-corrected chi connectivity index (χ1v) is 21.6. The zero-order valence-electron chi connectivity index (χ0n) is 34.2. The molecule has 0 unspecified atom stereocenters. The van der Waals surface area contributed by atoms with Gasteiger partial charge in [0.25, 0.3) is 0 Å². The Kier molecular flexibility index (Phi) is 21.3. The van der Waals surface area contributed by atoms with Gasteiger partial charge in [-0.25, -0.2) is 0 Å². The maximum Gasteiger partial charge on any atom is 0.307 e. The van der Waals surface area contributed by atoms with Gasteiger partial charge in [-0.15, -0.1) is 0 Å². The summed E-state index contributed by atoms with van der Waals surface area (Å²) in [6.45, 7) is 13.2. The molecule has 14 nitrogen and oxygen atoms in total. The highest BCUT2D eigenvalue weighted by Gasteiger charge is 2.29. The third kappa shape index (κ3) is 18.7. The van der Waals surface area contributed by atoms with Crippen molar-refractivity contribution in [3.8, 4) is 0 Å². The van der Waals surface area contributed by atoms with Gasteiger partial charge >= 0.3 is 11.9 Å². The van der Waals surface area contributed by atoms with Crippen LogP contribution in [0.4, 0.5) is 0 Å². The van der Waals surface area contributed by atoms with E-state index < -0.39 is 11.2 Å². The molecular weight excluding hydrogens is 1010 g/mol. The third-order valence-corrected chi connectivity index (χ3v) is 10.5. The molecule has 2 aromatic carbocycles. The number of ether oxygens (including phenoxy) is 4. The second-order valence-electron chi connectivity index (χ2n) is 15.4.